The summed E-state index contributed by atoms with van der Waals surface area (Å²) in [5.74, 6) is 1.83. The van der Waals surface area contributed by atoms with E-state index in [1.54, 1.807) is 0 Å². The molecule has 8 aromatic rings. The first-order valence-electron chi connectivity index (χ1n) is 23.8. The minimum atomic E-state index is 0.0552. The summed E-state index contributed by atoms with van der Waals surface area (Å²) < 4.78 is 0. The van der Waals surface area contributed by atoms with E-state index in [0.717, 1.165) is 42.7 Å². The normalized spacial score (nSPS) is 22.9. The van der Waals surface area contributed by atoms with E-state index in [1.165, 1.54) is 66.6 Å². The molecule has 2 aliphatic heterocycles. The molecule has 0 amide bonds. The molecule has 2 heterocycles. The number of allylic oxidation sites excluding steroid dienone is 1. The van der Waals surface area contributed by atoms with Gasteiger partial charge in [-0.05, 0) is 110 Å². The smallest absolute Gasteiger partial charge is 0.0780 e. The Morgan fingerprint density at radius 2 is 0.969 bits per heavy atom. The van der Waals surface area contributed by atoms with Crippen molar-refractivity contribution in [2.45, 2.75) is 64.3 Å². The topological polar surface area (TPSA) is 24.7 Å². The fourth-order valence-corrected chi connectivity index (χ4v) is 10.9. The van der Waals surface area contributed by atoms with Crippen molar-refractivity contribution in [3.63, 3.8) is 0 Å². The molecule has 0 saturated heterocycles. The second-order valence-electron chi connectivity index (χ2n) is 18.3. The Kier molecular flexibility index (Phi) is 12.3. The van der Waals surface area contributed by atoms with Gasteiger partial charge in [0.15, 0.2) is 0 Å². The van der Waals surface area contributed by atoms with Gasteiger partial charge in [-0.2, -0.15) is 0 Å². The predicted octanol–water partition coefficient (Wildman–Crippen LogP) is 16.6. The maximum Gasteiger partial charge on any atom is 0.0780 e. The molecule has 2 nitrogen and oxygen atoms in total. The third kappa shape index (κ3) is 8.71. The van der Waals surface area contributed by atoms with Crippen LogP contribution in [-0.2, 0) is 0 Å². The molecule has 0 spiro atoms. The molecule has 10 rings (SSSR count). The first-order valence-corrected chi connectivity index (χ1v) is 23.8. The summed E-state index contributed by atoms with van der Waals surface area (Å²) in [7, 11) is 0. The zero-order valence-electron chi connectivity index (χ0n) is 37.9. The van der Waals surface area contributed by atoms with Crippen molar-refractivity contribution in [2.75, 3.05) is 0 Å². The Hall–Kier alpha value is -6.90. The van der Waals surface area contributed by atoms with Gasteiger partial charge < -0.3 is 0 Å². The van der Waals surface area contributed by atoms with Crippen molar-refractivity contribution in [3.8, 4) is 22.3 Å². The van der Waals surface area contributed by atoms with Gasteiger partial charge in [0.1, 0.15) is 0 Å². The van der Waals surface area contributed by atoms with Crippen LogP contribution in [0.2, 0.25) is 0 Å². The summed E-state index contributed by atoms with van der Waals surface area (Å²) in [6.45, 7) is 7.22. The second-order valence-corrected chi connectivity index (χ2v) is 18.3. The lowest BCUT2D eigenvalue weighted by molar-refractivity contribution is 0.266. The molecule has 0 aliphatic carbocycles. The lowest BCUT2D eigenvalue weighted by atomic mass is 9.69. The van der Waals surface area contributed by atoms with Crippen LogP contribution in [0.3, 0.4) is 0 Å². The van der Waals surface area contributed by atoms with Crippen molar-refractivity contribution in [2.24, 2.45) is 27.7 Å². The highest BCUT2D eigenvalue weighted by atomic mass is 14.8. The summed E-state index contributed by atoms with van der Waals surface area (Å²) >= 11 is 0. The molecule has 2 aliphatic rings. The van der Waals surface area contributed by atoms with Gasteiger partial charge in [-0.1, -0.05) is 233 Å². The SMILES string of the molecule is CCC1C(c2ccccc2)=NC(c2ccc(-c3ccc(-c4ccc(/C5=N/C(c6ccccc6)=C\C(c6ccccc6)CCC5)cc4)c4ccccc34)cc2)C(C)C(C)C1c1ccccc1. The molecule has 0 aromatic heterocycles. The molecule has 0 radical (unpaired) electrons. The van der Waals surface area contributed by atoms with Gasteiger partial charge in [0.25, 0.3) is 0 Å². The highest BCUT2D eigenvalue weighted by Gasteiger charge is 2.40. The molecule has 320 valence electrons. The molecule has 0 fully saturated rings. The van der Waals surface area contributed by atoms with Crippen molar-refractivity contribution >= 4 is 27.9 Å². The van der Waals surface area contributed by atoms with Crippen LogP contribution in [0.25, 0.3) is 38.7 Å². The highest BCUT2D eigenvalue weighted by Crippen LogP contribution is 2.48. The van der Waals surface area contributed by atoms with E-state index in [4.69, 9.17) is 9.98 Å². The largest absolute Gasteiger partial charge is 0.280 e. The third-order valence-corrected chi connectivity index (χ3v) is 14.5. The molecule has 0 bridgehead atoms. The zero-order valence-corrected chi connectivity index (χ0v) is 37.9. The van der Waals surface area contributed by atoms with Crippen LogP contribution in [0.15, 0.2) is 222 Å². The first-order chi connectivity index (χ1) is 32.0. The maximum absolute atomic E-state index is 5.76. The molecule has 6 unspecified atom stereocenters. The molecule has 65 heavy (non-hydrogen) atoms. The number of fused-ring (bicyclic) bond motifs is 1. The lowest BCUT2D eigenvalue weighted by Crippen LogP contribution is -2.28. The van der Waals surface area contributed by atoms with Gasteiger partial charge in [-0.25, -0.2) is 0 Å². The van der Waals surface area contributed by atoms with Crippen LogP contribution < -0.4 is 0 Å². The summed E-state index contributed by atoms with van der Waals surface area (Å²) in [4.78, 5) is 11.2. The minimum Gasteiger partial charge on any atom is -0.280 e. The number of rotatable bonds is 9. The monoisotopic (exact) mass is 842 g/mol. The molecular formula is C63H58N2. The van der Waals surface area contributed by atoms with Crippen molar-refractivity contribution < 1.29 is 0 Å². The van der Waals surface area contributed by atoms with Crippen LogP contribution in [-0.4, -0.2) is 11.4 Å². The first kappa shape index (κ1) is 42.1. The van der Waals surface area contributed by atoms with Crippen LogP contribution in [0.4, 0.5) is 0 Å². The van der Waals surface area contributed by atoms with E-state index in [2.05, 4.69) is 233 Å². The van der Waals surface area contributed by atoms with Crippen molar-refractivity contribution in [1.29, 1.82) is 0 Å². The third-order valence-electron chi connectivity index (χ3n) is 14.5. The number of hydrogen-bond acceptors (Lipinski definition) is 2. The van der Waals surface area contributed by atoms with Gasteiger partial charge >= 0.3 is 0 Å². The number of benzene rings is 8. The second kappa shape index (κ2) is 19.1. The Morgan fingerprint density at radius 3 is 1.55 bits per heavy atom. The van der Waals surface area contributed by atoms with Gasteiger partial charge in [0.2, 0.25) is 0 Å². The van der Waals surface area contributed by atoms with Gasteiger partial charge in [0.05, 0.1) is 11.7 Å². The van der Waals surface area contributed by atoms with Gasteiger partial charge in [0, 0.05) is 23.3 Å². The minimum absolute atomic E-state index is 0.0552. The Bertz CT molecular complexity index is 2950. The van der Waals surface area contributed by atoms with E-state index < -0.39 is 0 Å². The molecule has 6 atom stereocenters. The highest BCUT2D eigenvalue weighted by molar-refractivity contribution is 6.07. The molecule has 8 aromatic carbocycles. The fourth-order valence-electron chi connectivity index (χ4n) is 10.9. The number of nitrogens with zero attached hydrogens (tertiary/aromatic N) is 2. The average Bonchev–Trinajstić information content (AvgIpc) is 3.47. The quantitative estimate of drug-likeness (QED) is 0.138. The summed E-state index contributed by atoms with van der Waals surface area (Å²) in [5.41, 5.74) is 16.0. The number of hydrogen-bond donors (Lipinski definition) is 0. The van der Waals surface area contributed by atoms with E-state index >= 15 is 0 Å². The predicted molar refractivity (Wildman–Crippen MR) is 276 cm³/mol. The molecule has 0 saturated carbocycles. The zero-order chi connectivity index (χ0) is 44.1. The Balaban J connectivity index is 0.957. The molecular weight excluding hydrogens is 785 g/mol. The van der Waals surface area contributed by atoms with E-state index in [1.807, 2.05) is 0 Å². The Morgan fingerprint density at radius 1 is 0.462 bits per heavy atom. The van der Waals surface area contributed by atoms with Crippen LogP contribution in [0.5, 0.6) is 0 Å². The van der Waals surface area contributed by atoms with E-state index in [-0.39, 0.29) is 6.04 Å². The summed E-state index contributed by atoms with van der Waals surface area (Å²) in [6.07, 6.45) is 6.55. The lowest BCUT2D eigenvalue weighted by Gasteiger charge is -2.34. The molecule has 0 N–H and O–H groups in total. The van der Waals surface area contributed by atoms with Gasteiger partial charge in [-0.3, -0.25) is 9.98 Å². The van der Waals surface area contributed by atoms with Crippen LogP contribution in [0, 0.1) is 17.8 Å². The Labute approximate surface area is 386 Å². The fraction of sp³-hybridized carbons (Fsp3) is 0.206. The van der Waals surface area contributed by atoms with E-state index in [0.29, 0.717) is 29.6 Å². The van der Waals surface area contributed by atoms with Crippen molar-refractivity contribution in [3.05, 3.63) is 246 Å². The van der Waals surface area contributed by atoms with Gasteiger partial charge in [-0.15, -0.1) is 0 Å². The summed E-state index contributed by atoms with van der Waals surface area (Å²) in [6, 6.07) is 75.7. The molecule has 2 heteroatoms. The standard InChI is InChI=1S/C63H58N2/c1-4-54-61(50-24-13-7-14-25-50)43(2)44(3)62(65-63(54)51-26-15-8-16-27-51)52-38-34-47(35-39-52)56-41-40-55(57-29-17-18-30-58(56)57)46-32-36-49(37-33-46)59-31-19-28-53(45-20-9-5-10-21-45)42-60(64-59)48-22-11-6-12-23-48/h5-18,20-27,29-30,32-44,53-54,61-62H,4,19,28,31H2,1-3H3/b60-42-,64-59+. The average molecular weight is 843 g/mol. The number of aliphatic imine (C=N–C) groups is 2. The van der Waals surface area contributed by atoms with Crippen molar-refractivity contribution in [1.82, 2.24) is 0 Å². The summed E-state index contributed by atoms with van der Waals surface area (Å²) in [5, 5.41) is 2.52. The van der Waals surface area contributed by atoms with Crippen LogP contribution in [0.1, 0.15) is 97.7 Å². The maximum atomic E-state index is 5.76. The van der Waals surface area contributed by atoms with E-state index in [9.17, 15) is 0 Å². The van der Waals surface area contributed by atoms with Crippen LogP contribution >= 0.6 is 0 Å².